The van der Waals surface area contributed by atoms with E-state index in [9.17, 15) is 9.59 Å². The molecule has 130 valence electrons. The largest absolute Gasteiger partial charge is 0.355 e. The number of hydrogen-bond acceptors (Lipinski definition) is 5. The van der Waals surface area contributed by atoms with Crippen molar-refractivity contribution in [2.75, 3.05) is 38.6 Å². The predicted molar refractivity (Wildman–Crippen MR) is 89.7 cm³/mol. The molecule has 0 aliphatic carbocycles. The van der Waals surface area contributed by atoms with Crippen molar-refractivity contribution in [1.82, 2.24) is 25.3 Å². The number of anilines is 1. The first-order valence-electron chi connectivity index (χ1n) is 8.29. The molecule has 2 aliphatic heterocycles. The van der Waals surface area contributed by atoms with Crippen molar-refractivity contribution in [2.45, 2.75) is 31.8 Å². The Bertz CT molecular complexity index is 611. The minimum Gasteiger partial charge on any atom is -0.355 e. The van der Waals surface area contributed by atoms with E-state index in [-0.39, 0.29) is 11.9 Å². The summed E-state index contributed by atoms with van der Waals surface area (Å²) in [6.45, 7) is 3.75. The fourth-order valence-electron chi connectivity index (χ4n) is 3.26. The van der Waals surface area contributed by atoms with Gasteiger partial charge < -0.3 is 20.0 Å². The van der Waals surface area contributed by atoms with Gasteiger partial charge in [-0.25, -0.2) is 4.79 Å². The van der Waals surface area contributed by atoms with E-state index in [0.29, 0.717) is 25.7 Å². The van der Waals surface area contributed by atoms with Crippen LogP contribution in [-0.4, -0.2) is 77.7 Å². The minimum absolute atomic E-state index is 0.0175. The van der Waals surface area contributed by atoms with Gasteiger partial charge in [0.05, 0.1) is 12.2 Å². The van der Waals surface area contributed by atoms with Crippen LogP contribution < -0.4 is 10.2 Å². The van der Waals surface area contributed by atoms with Crippen LogP contribution in [0.1, 0.15) is 18.5 Å². The number of hydrogen-bond donors (Lipinski definition) is 1. The lowest BCUT2D eigenvalue weighted by Gasteiger charge is -2.37. The van der Waals surface area contributed by atoms with Gasteiger partial charge in [0.1, 0.15) is 6.04 Å². The van der Waals surface area contributed by atoms with Gasteiger partial charge in [0.25, 0.3) is 0 Å². The van der Waals surface area contributed by atoms with Crippen molar-refractivity contribution in [3.63, 3.8) is 0 Å². The zero-order valence-corrected chi connectivity index (χ0v) is 14.4. The third-order valence-corrected chi connectivity index (χ3v) is 4.87. The number of rotatable bonds is 3. The molecular weight excluding hydrogens is 308 g/mol. The van der Waals surface area contributed by atoms with Gasteiger partial charge in [-0.2, -0.15) is 5.10 Å². The van der Waals surface area contributed by atoms with Crippen LogP contribution in [0.3, 0.4) is 0 Å². The predicted octanol–water partition coefficient (Wildman–Crippen LogP) is 0.236. The van der Waals surface area contributed by atoms with Gasteiger partial charge >= 0.3 is 6.03 Å². The van der Waals surface area contributed by atoms with Crippen LogP contribution in [0, 0.1) is 6.92 Å². The van der Waals surface area contributed by atoms with Crippen molar-refractivity contribution < 1.29 is 9.59 Å². The Labute approximate surface area is 141 Å². The summed E-state index contributed by atoms with van der Waals surface area (Å²) in [5.41, 5.74) is 0.899. The van der Waals surface area contributed by atoms with E-state index in [0.717, 1.165) is 24.4 Å². The van der Waals surface area contributed by atoms with Crippen LogP contribution in [0.4, 0.5) is 10.6 Å². The SMILES string of the molecule is Cc1ccc(N(C)C2CCN(C(=O)C3CN(C)C(=O)N3)CC2)nn1. The van der Waals surface area contributed by atoms with Crippen molar-refractivity contribution in [1.29, 1.82) is 0 Å². The van der Waals surface area contributed by atoms with Crippen molar-refractivity contribution in [3.05, 3.63) is 17.8 Å². The van der Waals surface area contributed by atoms with E-state index in [1.54, 1.807) is 11.9 Å². The van der Waals surface area contributed by atoms with Gasteiger partial charge in [-0.1, -0.05) is 0 Å². The van der Waals surface area contributed by atoms with Gasteiger partial charge in [0.15, 0.2) is 5.82 Å². The Balaban J connectivity index is 1.54. The van der Waals surface area contributed by atoms with E-state index in [2.05, 4.69) is 20.4 Å². The number of carbonyl (C=O) groups is 2. The Hall–Kier alpha value is -2.38. The molecule has 3 amide bonds. The smallest absolute Gasteiger partial charge is 0.317 e. The monoisotopic (exact) mass is 332 g/mol. The number of nitrogens with one attached hydrogen (secondary N) is 1. The lowest BCUT2D eigenvalue weighted by Crippen LogP contribution is -2.51. The number of amides is 3. The molecule has 8 nitrogen and oxygen atoms in total. The second-order valence-electron chi connectivity index (χ2n) is 6.58. The first kappa shape index (κ1) is 16.5. The van der Waals surface area contributed by atoms with E-state index in [4.69, 9.17) is 0 Å². The lowest BCUT2D eigenvalue weighted by molar-refractivity contribution is -0.133. The van der Waals surface area contributed by atoms with Crippen LogP contribution >= 0.6 is 0 Å². The summed E-state index contributed by atoms with van der Waals surface area (Å²) in [6, 6.07) is 3.67. The maximum Gasteiger partial charge on any atom is 0.317 e. The average Bonchev–Trinajstić information content (AvgIpc) is 2.93. The van der Waals surface area contributed by atoms with E-state index < -0.39 is 6.04 Å². The molecule has 0 radical (unpaired) electrons. The number of nitrogens with zero attached hydrogens (tertiary/aromatic N) is 5. The van der Waals surface area contributed by atoms with Gasteiger partial charge in [-0.3, -0.25) is 4.79 Å². The molecule has 0 spiro atoms. The summed E-state index contributed by atoms with van der Waals surface area (Å²) in [6.07, 6.45) is 1.77. The van der Waals surface area contributed by atoms with Crippen molar-refractivity contribution in [3.8, 4) is 0 Å². The van der Waals surface area contributed by atoms with Gasteiger partial charge in [0, 0.05) is 33.2 Å². The Morgan fingerprint density at radius 3 is 2.54 bits per heavy atom. The molecule has 0 aromatic carbocycles. The summed E-state index contributed by atoms with van der Waals surface area (Å²) < 4.78 is 0. The Morgan fingerprint density at radius 1 is 1.29 bits per heavy atom. The molecule has 2 aliphatic rings. The summed E-state index contributed by atoms with van der Waals surface area (Å²) in [7, 11) is 3.72. The first-order chi connectivity index (χ1) is 11.5. The maximum atomic E-state index is 12.5. The minimum atomic E-state index is -0.417. The molecule has 1 aromatic rings. The van der Waals surface area contributed by atoms with E-state index >= 15 is 0 Å². The summed E-state index contributed by atoms with van der Waals surface area (Å²) >= 11 is 0. The first-order valence-corrected chi connectivity index (χ1v) is 8.29. The normalized spacial score (nSPS) is 21.8. The van der Waals surface area contributed by atoms with Crippen LogP contribution in [0.2, 0.25) is 0 Å². The molecular formula is C16H24N6O2. The van der Waals surface area contributed by atoms with E-state index in [1.165, 1.54) is 0 Å². The zero-order chi connectivity index (χ0) is 17.3. The fourth-order valence-corrected chi connectivity index (χ4v) is 3.26. The number of piperidine rings is 1. The van der Waals surface area contributed by atoms with Gasteiger partial charge in [-0.05, 0) is 31.9 Å². The molecule has 1 unspecified atom stereocenters. The Kier molecular flexibility index (Phi) is 4.55. The second kappa shape index (κ2) is 6.62. The van der Waals surface area contributed by atoms with Gasteiger partial charge in [-0.15, -0.1) is 5.10 Å². The number of likely N-dealkylation sites (N-methyl/N-ethyl adjacent to an activating group) is 1. The van der Waals surface area contributed by atoms with Crippen LogP contribution in [0.25, 0.3) is 0 Å². The summed E-state index contributed by atoms with van der Waals surface area (Å²) in [4.78, 5) is 29.6. The van der Waals surface area contributed by atoms with Crippen molar-refractivity contribution >= 4 is 17.8 Å². The second-order valence-corrected chi connectivity index (χ2v) is 6.58. The number of aryl methyl sites for hydroxylation is 1. The highest BCUT2D eigenvalue weighted by atomic mass is 16.2. The quantitative estimate of drug-likeness (QED) is 0.857. The van der Waals surface area contributed by atoms with E-state index in [1.807, 2.05) is 31.0 Å². The topological polar surface area (TPSA) is 81.7 Å². The molecule has 0 bridgehead atoms. The zero-order valence-electron chi connectivity index (χ0n) is 14.4. The highest BCUT2D eigenvalue weighted by Gasteiger charge is 2.35. The third-order valence-electron chi connectivity index (χ3n) is 4.87. The summed E-state index contributed by atoms with van der Waals surface area (Å²) in [5, 5.41) is 11.1. The molecule has 8 heteroatoms. The van der Waals surface area contributed by atoms with Crippen LogP contribution in [0.5, 0.6) is 0 Å². The highest BCUT2D eigenvalue weighted by molar-refractivity contribution is 5.90. The number of aromatic nitrogens is 2. The number of carbonyl (C=O) groups excluding carboxylic acids is 2. The van der Waals surface area contributed by atoms with Crippen LogP contribution in [-0.2, 0) is 4.79 Å². The summed E-state index contributed by atoms with van der Waals surface area (Å²) in [5.74, 6) is 0.874. The fraction of sp³-hybridized carbons (Fsp3) is 0.625. The molecule has 1 aromatic heterocycles. The number of urea groups is 1. The Morgan fingerprint density at radius 2 is 2.00 bits per heavy atom. The number of likely N-dealkylation sites (tertiary alicyclic amines) is 1. The molecule has 3 rings (SSSR count). The van der Waals surface area contributed by atoms with Crippen molar-refractivity contribution in [2.24, 2.45) is 0 Å². The average molecular weight is 332 g/mol. The molecule has 1 N–H and O–H groups in total. The molecule has 24 heavy (non-hydrogen) atoms. The molecule has 1 atom stereocenters. The standard InChI is InChI=1S/C16H24N6O2/c1-11-4-5-14(19-18-11)21(3)12-6-8-22(9-7-12)15(23)13-10-20(2)16(24)17-13/h4-5,12-13H,6-10H2,1-3H3,(H,17,24). The van der Waals surface area contributed by atoms with Crippen LogP contribution in [0.15, 0.2) is 12.1 Å². The maximum absolute atomic E-state index is 12.5. The molecule has 2 saturated heterocycles. The lowest BCUT2D eigenvalue weighted by atomic mass is 10.0. The molecule has 2 fully saturated rings. The third kappa shape index (κ3) is 3.27. The van der Waals surface area contributed by atoms with Gasteiger partial charge in [0.2, 0.25) is 5.91 Å². The molecule has 3 heterocycles. The molecule has 0 saturated carbocycles. The highest BCUT2D eigenvalue weighted by Crippen LogP contribution is 2.21.